The van der Waals surface area contributed by atoms with Crippen LogP contribution >= 0.6 is 0 Å². The van der Waals surface area contributed by atoms with Crippen LogP contribution in [0, 0.1) is 13.8 Å². The number of nitrogens with zero attached hydrogens (tertiary/aromatic N) is 3. The molecular weight excluding hydrogens is 381 g/mol. The molecule has 0 unspecified atom stereocenters. The molecule has 3 rings (SSSR count). The van der Waals surface area contributed by atoms with E-state index in [-0.39, 0.29) is 5.91 Å². The van der Waals surface area contributed by atoms with Crippen molar-refractivity contribution in [3.63, 3.8) is 0 Å². The van der Waals surface area contributed by atoms with Gasteiger partial charge in [0, 0.05) is 42.1 Å². The molecule has 2 aromatic heterocycles. The van der Waals surface area contributed by atoms with Crippen LogP contribution in [0.15, 0.2) is 60.0 Å². The summed E-state index contributed by atoms with van der Waals surface area (Å²) in [4.78, 5) is 15.8. The van der Waals surface area contributed by atoms with Gasteiger partial charge in [0.1, 0.15) is 0 Å². The predicted molar refractivity (Wildman–Crippen MR) is 104 cm³/mol. The summed E-state index contributed by atoms with van der Waals surface area (Å²) in [5, 5.41) is 3.93. The lowest BCUT2D eigenvalue weighted by Crippen LogP contribution is -2.17. The molecule has 0 radical (unpaired) electrons. The third-order valence-electron chi connectivity index (χ3n) is 4.46. The highest BCUT2D eigenvalue weighted by Gasteiger charge is 2.30. The number of benzene rings is 1. The molecule has 1 N–H and O–H groups in total. The predicted octanol–water partition coefficient (Wildman–Crippen LogP) is 4.47. The van der Waals surface area contributed by atoms with Gasteiger partial charge in [-0.25, -0.2) is 5.43 Å². The fourth-order valence-corrected chi connectivity index (χ4v) is 3.06. The van der Waals surface area contributed by atoms with E-state index in [0.717, 1.165) is 29.1 Å². The van der Waals surface area contributed by atoms with Crippen molar-refractivity contribution < 1.29 is 18.0 Å². The van der Waals surface area contributed by atoms with Crippen molar-refractivity contribution in [2.45, 2.75) is 26.4 Å². The number of aryl methyl sites for hydroxylation is 1. The summed E-state index contributed by atoms with van der Waals surface area (Å²) in [5.74, 6) is -0.371. The molecule has 1 aromatic carbocycles. The van der Waals surface area contributed by atoms with Crippen molar-refractivity contribution >= 4 is 12.1 Å². The van der Waals surface area contributed by atoms with E-state index in [4.69, 9.17) is 0 Å². The highest BCUT2D eigenvalue weighted by molar-refractivity contribution is 5.93. The number of rotatable bonds is 5. The van der Waals surface area contributed by atoms with E-state index in [1.54, 1.807) is 35.2 Å². The zero-order valence-electron chi connectivity index (χ0n) is 15.9. The standard InChI is InChI=1S/C21H19F3N4O/c1-14-11-16(8-10-26-27-20(29)17-5-4-9-25-13-17)15(2)28(14)19-7-3-6-18(12-19)21(22,23)24/h3-7,9-13H,8H2,1-2H3,(H,27,29)/b26-10+. The first kappa shape index (κ1) is 20.3. The molecule has 0 aliphatic carbocycles. The normalized spacial score (nSPS) is 11.8. The van der Waals surface area contributed by atoms with Gasteiger partial charge in [-0.15, -0.1) is 0 Å². The third kappa shape index (κ3) is 4.71. The number of hydrogen-bond acceptors (Lipinski definition) is 3. The number of carbonyl (C=O) groups excluding carboxylic acids is 1. The molecule has 29 heavy (non-hydrogen) atoms. The zero-order chi connectivity index (χ0) is 21.0. The monoisotopic (exact) mass is 400 g/mol. The van der Waals surface area contributed by atoms with Gasteiger partial charge in [0.15, 0.2) is 0 Å². The minimum absolute atomic E-state index is 0.371. The van der Waals surface area contributed by atoms with Gasteiger partial charge in [-0.2, -0.15) is 18.3 Å². The quantitative estimate of drug-likeness (QED) is 0.508. The Hall–Kier alpha value is -3.42. The van der Waals surface area contributed by atoms with Crippen LogP contribution in [0.5, 0.6) is 0 Å². The van der Waals surface area contributed by atoms with Crippen LogP contribution < -0.4 is 5.43 Å². The highest BCUT2D eigenvalue weighted by Crippen LogP contribution is 2.31. The number of nitrogens with one attached hydrogen (secondary N) is 1. The van der Waals surface area contributed by atoms with Crippen LogP contribution in [0.3, 0.4) is 0 Å². The fraction of sp³-hybridized carbons (Fsp3) is 0.190. The minimum atomic E-state index is -4.40. The Bertz CT molecular complexity index is 1040. The maximum absolute atomic E-state index is 13.0. The fourth-order valence-electron chi connectivity index (χ4n) is 3.06. The third-order valence-corrected chi connectivity index (χ3v) is 4.46. The maximum atomic E-state index is 13.0. The first-order chi connectivity index (χ1) is 13.8. The SMILES string of the molecule is Cc1cc(C/C=N/NC(=O)c2cccnc2)c(C)n1-c1cccc(C(F)(F)F)c1. The average Bonchev–Trinajstić information content (AvgIpc) is 2.98. The number of hydrogen-bond donors (Lipinski definition) is 1. The molecule has 8 heteroatoms. The Morgan fingerprint density at radius 2 is 2.00 bits per heavy atom. The first-order valence-electron chi connectivity index (χ1n) is 8.84. The van der Waals surface area contributed by atoms with Crippen molar-refractivity contribution in [2.24, 2.45) is 5.10 Å². The largest absolute Gasteiger partial charge is 0.416 e. The number of halogens is 3. The summed E-state index contributed by atoms with van der Waals surface area (Å²) in [7, 11) is 0. The van der Waals surface area contributed by atoms with Gasteiger partial charge < -0.3 is 4.57 Å². The maximum Gasteiger partial charge on any atom is 0.416 e. The number of alkyl halides is 3. The van der Waals surface area contributed by atoms with Gasteiger partial charge in [-0.3, -0.25) is 9.78 Å². The van der Waals surface area contributed by atoms with Crippen molar-refractivity contribution in [1.29, 1.82) is 0 Å². The Morgan fingerprint density at radius 1 is 1.21 bits per heavy atom. The Kier molecular flexibility index (Phi) is 5.81. The first-order valence-corrected chi connectivity index (χ1v) is 8.84. The van der Waals surface area contributed by atoms with Gasteiger partial charge >= 0.3 is 6.18 Å². The van der Waals surface area contributed by atoms with E-state index >= 15 is 0 Å². The smallest absolute Gasteiger partial charge is 0.318 e. The van der Waals surface area contributed by atoms with E-state index in [1.807, 2.05) is 19.9 Å². The van der Waals surface area contributed by atoms with Crippen molar-refractivity contribution in [2.75, 3.05) is 0 Å². The Balaban J connectivity index is 1.74. The van der Waals surface area contributed by atoms with Crippen LogP contribution in [0.4, 0.5) is 13.2 Å². The van der Waals surface area contributed by atoms with Crippen molar-refractivity contribution in [3.8, 4) is 5.69 Å². The number of pyridine rings is 1. The molecule has 3 aromatic rings. The van der Waals surface area contributed by atoms with E-state index in [9.17, 15) is 18.0 Å². The number of aromatic nitrogens is 2. The van der Waals surface area contributed by atoms with Crippen molar-refractivity contribution in [1.82, 2.24) is 15.0 Å². The second-order valence-corrected chi connectivity index (χ2v) is 6.48. The number of hydrazone groups is 1. The van der Waals surface area contributed by atoms with E-state index in [0.29, 0.717) is 17.7 Å². The van der Waals surface area contributed by atoms with Gasteiger partial charge in [0.25, 0.3) is 5.91 Å². The molecule has 0 saturated carbocycles. The second kappa shape index (κ2) is 8.30. The van der Waals surface area contributed by atoms with Crippen LogP contribution in [0.2, 0.25) is 0 Å². The lowest BCUT2D eigenvalue weighted by atomic mass is 10.1. The lowest BCUT2D eigenvalue weighted by Gasteiger charge is -2.13. The lowest BCUT2D eigenvalue weighted by molar-refractivity contribution is -0.137. The van der Waals surface area contributed by atoms with Gasteiger partial charge in [0.05, 0.1) is 11.1 Å². The highest BCUT2D eigenvalue weighted by atomic mass is 19.4. The van der Waals surface area contributed by atoms with E-state index in [2.05, 4.69) is 15.5 Å². The molecule has 1 amide bonds. The van der Waals surface area contributed by atoms with Gasteiger partial charge in [0.2, 0.25) is 0 Å². The summed E-state index contributed by atoms with van der Waals surface area (Å²) >= 11 is 0. The Labute approximate surface area is 165 Å². The van der Waals surface area contributed by atoms with Gasteiger partial charge in [-0.05, 0) is 55.8 Å². The molecule has 0 aliphatic rings. The molecule has 0 spiro atoms. The molecular formula is C21H19F3N4O. The summed E-state index contributed by atoms with van der Waals surface area (Å²) in [6.07, 6.45) is 0.583. The van der Waals surface area contributed by atoms with E-state index in [1.165, 1.54) is 12.3 Å². The second-order valence-electron chi connectivity index (χ2n) is 6.48. The van der Waals surface area contributed by atoms with Crippen LogP contribution in [-0.4, -0.2) is 21.7 Å². The summed E-state index contributed by atoms with van der Waals surface area (Å²) < 4.78 is 40.8. The molecule has 2 heterocycles. The topological polar surface area (TPSA) is 59.3 Å². The summed E-state index contributed by atoms with van der Waals surface area (Å²) in [6.45, 7) is 3.67. The van der Waals surface area contributed by atoms with Crippen LogP contribution in [0.1, 0.15) is 32.9 Å². The summed E-state index contributed by atoms with van der Waals surface area (Å²) in [6, 6.07) is 10.4. The van der Waals surface area contributed by atoms with Crippen LogP contribution in [-0.2, 0) is 12.6 Å². The molecule has 5 nitrogen and oxygen atoms in total. The molecule has 0 saturated heterocycles. The van der Waals surface area contributed by atoms with Gasteiger partial charge in [-0.1, -0.05) is 6.07 Å². The molecule has 0 atom stereocenters. The molecule has 0 aliphatic heterocycles. The number of amides is 1. The average molecular weight is 400 g/mol. The molecule has 0 bridgehead atoms. The zero-order valence-corrected chi connectivity index (χ0v) is 15.9. The van der Waals surface area contributed by atoms with Crippen molar-refractivity contribution in [3.05, 3.63) is 82.9 Å². The molecule has 150 valence electrons. The number of carbonyl (C=O) groups is 1. The minimum Gasteiger partial charge on any atom is -0.318 e. The Morgan fingerprint density at radius 3 is 2.69 bits per heavy atom. The van der Waals surface area contributed by atoms with Crippen LogP contribution in [0.25, 0.3) is 5.69 Å². The van der Waals surface area contributed by atoms with E-state index < -0.39 is 11.7 Å². The molecule has 0 fully saturated rings. The summed E-state index contributed by atoms with van der Waals surface area (Å²) in [5.41, 5.74) is 5.10.